The monoisotopic (exact) mass is 765 g/mol. The number of rotatable bonds is 14. The number of methoxy groups -OCH3 is 2. The summed E-state index contributed by atoms with van der Waals surface area (Å²) in [6, 6.07) is 16.3. The lowest BCUT2D eigenvalue weighted by atomic mass is 9.86. The van der Waals surface area contributed by atoms with Crippen LogP contribution in [0.3, 0.4) is 0 Å². The van der Waals surface area contributed by atoms with Crippen molar-refractivity contribution in [3.63, 3.8) is 0 Å². The average Bonchev–Trinajstić information content (AvgIpc) is 3.17. The molecule has 4 aromatic rings. The Morgan fingerprint density at radius 2 is 1.62 bits per heavy atom. The molecule has 3 aliphatic heterocycles. The molecule has 0 aliphatic carbocycles. The van der Waals surface area contributed by atoms with E-state index in [-0.39, 0.29) is 18.1 Å². The first kappa shape index (κ1) is 37.8. The van der Waals surface area contributed by atoms with Crippen molar-refractivity contribution in [3.05, 3.63) is 117 Å². The van der Waals surface area contributed by atoms with Crippen molar-refractivity contribution in [1.29, 1.82) is 0 Å². The number of ether oxygens (including phenoxy) is 4. The van der Waals surface area contributed by atoms with Crippen LogP contribution in [-0.4, -0.2) is 69.2 Å². The molecule has 2 unspecified atom stereocenters. The Labute approximate surface area is 316 Å². The van der Waals surface area contributed by atoms with Crippen molar-refractivity contribution in [2.45, 2.75) is 37.5 Å². The van der Waals surface area contributed by atoms with Gasteiger partial charge in [0.25, 0.3) is 5.91 Å². The largest absolute Gasteiger partial charge is 0.493 e. The van der Waals surface area contributed by atoms with Crippen LogP contribution in [-0.2, 0) is 25.5 Å². The molecule has 3 fully saturated rings. The molecule has 3 saturated heterocycles. The van der Waals surface area contributed by atoms with E-state index in [2.05, 4.69) is 20.5 Å². The summed E-state index contributed by atoms with van der Waals surface area (Å²) in [6.45, 7) is 2.24. The average molecular weight is 767 g/mol. The molecule has 0 radical (unpaired) electrons. The molecular weight excluding hydrogens is 726 g/mol. The minimum atomic E-state index is -0.961. The van der Waals surface area contributed by atoms with E-state index in [1.54, 1.807) is 54.9 Å². The molecule has 53 heavy (non-hydrogen) atoms. The summed E-state index contributed by atoms with van der Waals surface area (Å²) in [5.74, 6) is -0.963. The number of anilines is 1. The van der Waals surface area contributed by atoms with Gasteiger partial charge in [-0.15, -0.1) is 0 Å². The first-order valence-electron chi connectivity index (χ1n) is 17.2. The standard InChI is InChI=1S/C39H39Cl2FN4O7/c1-50-32-11-8-25(17-34(32)51-2)33(18-29-30(40)19-43-20-31(29)41)52-36(47)21-44-38(48)26-4-3-5-28(16-26)45-37(24-6-9-27(42)10-7-24)39(49)53-35-22-46-14-12-23(35)13-15-46/h3-11,16-17,19-20,23,33,35,37,45H,12-15,18,21-22H2,1-2H3,(H,44,48)/p+1/t33?,35-,37?/m0/s1. The predicted molar refractivity (Wildman–Crippen MR) is 196 cm³/mol. The summed E-state index contributed by atoms with van der Waals surface area (Å²) in [5, 5.41) is 6.50. The Balaban J connectivity index is 1.13. The number of halogens is 3. The molecule has 11 nitrogen and oxygen atoms in total. The number of esters is 2. The minimum absolute atomic E-state index is 0.131. The molecule has 3 aromatic carbocycles. The van der Waals surface area contributed by atoms with Gasteiger partial charge < -0.3 is 29.6 Å². The van der Waals surface area contributed by atoms with Gasteiger partial charge in [-0.3, -0.25) is 14.5 Å². The number of hydrogen-bond acceptors (Lipinski definition) is 9. The van der Waals surface area contributed by atoms with E-state index >= 15 is 0 Å². The molecule has 14 heteroatoms. The number of piperidine rings is 3. The number of pyridine rings is 1. The van der Waals surface area contributed by atoms with E-state index in [0.29, 0.717) is 56.4 Å². The van der Waals surface area contributed by atoms with Gasteiger partial charge >= 0.3 is 11.9 Å². The van der Waals surface area contributed by atoms with Crippen molar-refractivity contribution >= 4 is 46.7 Å². The van der Waals surface area contributed by atoms with Gasteiger partial charge in [-0.2, -0.15) is 0 Å². The second-order valence-corrected chi connectivity index (χ2v) is 13.7. The predicted octanol–water partition coefficient (Wildman–Crippen LogP) is 6.01. The summed E-state index contributed by atoms with van der Waals surface area (Å²) in [5.41, 5.74) is 2.32. The molecular formula is C39H40Cl2FN4O7+. The number of nitrogens with zero attached hydrogens (tertiary/aromatic N) is 1. The van der Waals surface area contributed by atoms with Crippen molar-refractivity contribution in [2.24, 2.45) is 5.92 Å². The van der Waals surface area contributed by atoms with E-state index in [1.807, 2.05) is 0 Å². The summed E-state index contributed by atoms with van der Waals surface area (Å²) >= 11 is 12.9. The number of carbonyl (C=O) groups is 3. The highest BCUT2D eigenvalue weighted by Gasteiger charge is 2.38. The lowest BCUT2D eigenvalue weighted by Crippen LogP contribution is -2.52. The number of hydrogen-bond donors (Lipinski definition) is 2. The van der Waals surface area contributed by atoms with E-state index in [1.165, 1.54) is 38.5 Å². The molecule has 4 heterocycles. The van der Waals surface area contributed by atoms with Crippen LogP contribution in [0.25, 0.3) is 0 Å². The molecule has 3 aliphatic rings. The number of nitrogens with one attached hydrogen (secondary N) is 3. The van der Waals surface area contributed by atoms with Gasteiger partial charge in [0.1, 0.15) is 34.6 Å². The summed E-state index contributed by atoms with van der Waals surface area (Å²) in [7, 11) is 3.01. The molecule has 0 spiro atoms. The van der Waals surface area contributed by atoms with Gasteiger partial charge in [0, 0.05) is 29.8 Å². The zero-order valence-electron chi connectivity index (χ0n) is 29.2. The molecule has 278 valence electrons. The molecule has 2 bridgehead atoms. The maximum atomic E-state index is 13.8. The van der Waals surface area contributed by atoms with Crippen LogP contribution >= 0.6 is 23.2 Å². The van der Waals surface area contributed by atoms with Crippen LogP contribution in [0.4, 0.5) is 10.1 Å². The number of amides is 1. The van der Waals surface area contributed by atoms with Gasteiger partial charge in [-0.25, -0.2) is 14.2 Å². The normalized spacial score (nSPS) is 18.7. The quantitative estimate of drug-likeness (QED) is 0.148. The van der Waals surface area contributed by atoms with Crippen molar-refractivity contribution in [1.82, 2.24) is 10.2 Å². The molecule has 1 amide bonds. The van der Waals surface area contributed by atoms with Crippen LogP contribution < -0.4 is 25.1 Å². The van der Waals surface area contributed by atoms with Gasteiger partial charge in [-0.05, 0) is 85.4 Å². The lowest BCUT2D eigenvalue weighted by Gasteiger charge is -2.44. The number of benzene rings is 3. The van der Waals surface area contributed by atoms with Gasteiger partial charge in [0.15, 0.2) is 29.9 Å². The van der Waals surface area contributed by atoms with Gasteiger partial charge in [0.05, 0.1) is 14.2 Å². The second-order valence-electron chi connectivity index (χ2n) is 12.9. The third-order valence-corrected chi connectivity index (χ3v) is 10.2. The number of aromatic amines is 1. The van der Waals surface area contributed by atoms with Gasteiger partial charge in [0.2, 0.25) is 0 Å². The van der Waals surface area contributed by atoms with Crippen molar-refractivity contribution < 1.29 is 42.7 Å². The number of fused-ring (bicyclic) bond motifs is 3. The van der Waals surface area contributed by atoms with E-state index < -0.39 is 42.4 Å². The molecule has 3 atom stereocenters. The zero-order valence-corrected chi connectivity index (χ0v) is 30.7. The van der Waals surface area contributed by atoms with Gasteiger partial charge in [-0.1, -0.05) is 47.5 Å². The van der Waals surface area contributed by atoms with Crippen LogP contribution in [0.1, 0.15) is 52.0 Å². The Bertz CT molecular complexity index is 1920. The summed E-state index contributed by atoms with van der Waals surface area (Å²) < 4.78 is 36.5. The van der Waals surface area contributed by atoms with E-state index in [9.17, 15) is 18.8 Å². The Hall–Kier alpha value is -4.91. The Morgan fingerprint density at radius 3 is 2.28 bits per heavy atom. The molecule has 7 rings (SSSR count). The fraction of sp³-hybridized carbons (Fsp3) is 0.333. The smallest absolute Gasteiger partial charge is 0.333 e. The highest BCUT2D eigenvalue weighted by atomic mass is 35.5. The molecule has 1 aromatic heterocycles. The molecule has 3 N–H and O–H groups in total. The first-order valence-corrected chi connectivity index (χ1v) is 18.0. The second kappa shape index (κ2) is 17.3. The Morgan fingerprint density at radius 1 is 0.925 bits per heavy atom. The van der Waals surface area contributed by atoms with Crippen molar-refractivity contribution in [2.75, 3.05) is 45.7 Å². The van der Waals surface area contributed by atoms with E-state index in [0.717, 1.165) is 25.9 Å². The summed E-state index contributed by atoms with van der Waals surface area (Å²) in [4.78, 5) is 45.3. The zero-order chi connectivity index (χ0) is 37.5. The first-order chi connectivity index (χ1) is 25.6. The van der Waals surface area contributed by atoms with Crippen LogP contribution in [0, 0.1) is 11.7 Å². The highest BCUT2D eigenvalue weighted by Crippen LogP contribution is 2.35. The number of carbonyl (C=O) groups excluding carboxylic acids is 3. The topological polar surface area (TPSA) is 130 Å². The van der Waals surface area contributed by atoms with Crippen molar-refractivity contribution in [3.8, 4) is 11.5 Å². The van der Waals surface area contributed by atoms with Crippen LogP contribution in [0.2, 0.25) is 10.0 Å². The third-order valence-electron chi connectivity index (χ3n) is 9.57. The lowest BCUT2D eigenvalue weighted by molar-refractivity contribution is -0.377. The van der Waals surface area contributed by atoms with Crippen LogP contribution in [0.5, 0.6) is 11.5 Å². The minimum Gasteiger partial charge on any atom is -0.493 e. The maximum absolute atomic E-state index is 13.8. The Kier molecular flexibility index (Phi) is 12.3. The fourth-order valence-electron chi connectivity index (χ4n) is 6.70. The summed E-state index contributed by atoms with van der Waals surface area (Å²) in [6.07, 6.45) is 4.15. The number of H-pyrrole nitrogens is 1. The molecule has 0 saturated carbocycles. The fourth-order valence-corrected chi connectivity index (χ4v) is 7.24. The number of aromatic nitrogens is 1. The van der Waals surface area contributed by atoms with Crippen LogP contribution in [0.15, 0.2) is 79.1 Å². The SMILES string of the molecule is COc1ccc(C(Cc2c(Cl)c[nH+]cc2Cl)OC(=O)CNC(=O)c2cccc(NC(C(=O)O[C@H]3CN4CCC3CC4)c3ccc(F)cc3)c2)cc1OC. The maximum Gasteiger partial charge on any atom is 0.333 e. The van der Waals surface area contributed by atoms with E-state index in [4.69, 9.17) is 42.1 Å². The third kappa shape index (κ3) is 9.37. The highest BCUT2D eigenvalue weighted by molar-refractivity contribution is 6.35.